The molecule has 0 aliphatic rings. The first-order valence-corrected chi connectivity index (χ1v) is 8.78. The van der Waals surface area contributed by atoms with E-state index in [-0.39, 0.29) is 18.1 Å². The van der Waals surface area contributed by atoms with E-state index in [9.17, 15) is 9.90 Å². The van der Waals surface area contributed by atoms with E-state index in [1.807, 2.05) is 36.4 Å². The summed E-state index contributed by atoms with van der Waals surface area (Å²) in [5, 5.41) is 12.9. The van der Waals surface area contributed by atoms with E-state index in [0.29, 0.717) is 17.1 Å². The average Bonchev–Trinajstić information content (AvgIpc) is 2.68. The van der Waals surface area contributed by atoms with E-state index in [4.69, 9.17) is 17.3 Å². The van der Waals surface area contributed by atoms with Gasteiger partial charge in [0.1, 0.15) is 0 Å². The van der Waals surface area contributed by atoms with Crippen molar-refractivity contribution in [2.24, 2.45) is 0 Å². The third-order valence-corrected chi connectivity index (χ3v) is 4.25. The van der Waals surface area contributed by atoms with Gasteiger partial charge >= 0.3 is 0 Å². The highest BCUT2D eigenvalue weighted by Gasteiger charge is 2.19. The van der Waals surface area contributed by atoms with Crippen molar-refractivity contribution in [1.82, 2.24) is 15.3 Å². The molecule has 0 radical (unpaired) electrons. The number of nitrogens with zero attached hydrogens (tertiary/aromatic N) is 2. The van der Waals surface area contributed by atoms with Crippen molar-refractivity contribution in [1.29, 1.82) is 0 Å². The van der Waals surface area contributed by atoms with Gasteiger partial charge in [0.2, 0.25) is 0 Å². The maximum absolute atomic E-state index is 12.6. The van der Waals surface area contributed by atoms with Gasteiger partial charge in [-0.2, -0.15) is 0 Å². The molecule has 4 N–H and O–H groups in total. The number of carbonyl (C=O) groups is 1. The number of aromatic nitrogens is 2. The fraction of sp³-hybridized carbons (Fsp3) is 0.150. The summed E-state index contributed by atoms with van der Waals surface area (Å²) < 4.78 is 0. The van der Waals surface area contributed by atoms with Crippen LogP contribution in [0.5, 0.6) is 0 Å². The Morgan fingerprint density at radius 2 is 1.96 bits per heavy atom. The lowest BCUT2D eigenvalue weighted by Crippen LogP contribution is -2.39. The Balaban J connectivity index is 1.80. The molecule has 0 fully saturated rings. The fourth-order valence-electron chi connectivity index (χ4n) is 2.67. The molecule has 0 saturated carbocycles. The summed E-state index contributed by atoms with van der Waals surface area (Å²) in [4.78, 5) is 21.1. The van der Waals surface area contributed by atoms with E-state index in [1.165, 1.54) is 6.20 Å². The second kappa shape index (κ2) is 8.62. The lowest BCUT2D eigenvalue weighted by Gasteiger charge is -2.17. The molecule has 3 rings (SSSR count). The molecule has 27 heavy (non-hydrogen) atoms. The van der Waals surface area contributed by atoms with Gasteiger partial charge in [-0.05, 0) is 24.1 Å². The van der Waals surface area contributed by atoms with Crippen molar-refractivity contribution in [2.45, 2.75) is 12.5 Å². The lowest BCUT2D eigenvalue weighted by molar-refractivity contribution is 0.0912. The average molecular weight is 383 g/mol. The number of aliphatic hydroxyl groups is 1. The van der Waals surface area contributed by atoms with Crippen molar-refractivity contribution in [3.63, 3.8) is 0 Å². The SMILES string of the molecule is Nc1ncc(-c2cccc(Cl)c2)nc1C(=O)N[C@@H](CO)Cc1ccccc1. The van der Waals surface area contributed by atoms with Crippen LogP contribution in [0.15, 0.2) is 60.8 Å². The zero-order chi connectivity index (χ0) is 19.2. The Kier molecular flexibility index (Phi) is 6.01. The molecule has 0 aliphatic heterocycles. The molecular formula is C20H19ClN4O2. The van der Waals surface area contributed by atoms with Gasteiger partial charge in [0.05, 0.1) is 24.5 Å². The van der Waals surface area contributed by atoms with E-state index < -0.39 is 11.9 Å². The van der Waals surface area contributed by atoms with Crippen LogP contribution < -0.4 is 11.1 Å². The second-order valence-corrected chi connectivity index (χ2v) is 6.48. The molecule has 1 amide bonds. The highest BCUT2D eigenvalue weighted by molar-refractivity contribution is 6.30. The molecule has 0 spiro atoms. The van der Waals surface area contributed by atoms with Crippen LogP contribution in [-0.4, -0.2) is 33.6 Å². The molecule has 1 atom stereocenters. The van der Waals surface area contributed by atoms with E-state index in [1.54, 1.807) is 18.2 Å². The molecule has 0 bridgehead atoms. The van der Waals surface area contributed by atoms with Gasteiger partial charge in [0.15, 0.2) is 11.5 Å². The van der Waals surface area contributed by atoms with Crippen LogP contribution in [0.3, 0.4) is 0 Å². The zero-order valence-corrected chi connectivity index (χ0v) is 15.2. The van der Waals surface area contributed by atoms with Gasteiger partial charge in [-0.25, -0.2) is 9.97 Å². The normalized spacial score (nSPS) is 11.8. The summed E-state index contributed by atoms with van der Waals surface area (Å²) >= 11 is 6.01. The van der Waals surface area contributed by atoms with Crippen molar-refractivity contribution < 1.29 is 9.90 Å². The third-order valence-electron chi connectivity index (χ3n) is 4.02. The number of nitrogens with one attached hydrogen (secondary N) is 1. The van der Waals surface area contributed by atoms with Crippen molar-refractivity contribution >= 4 is 23.3 Å². The van der Waals surface area contributed by atoms with Crippen LogP contribution in [-0.2, 0) is 6.42 Å². The van der Waals surface area contributed by atoms with Crippen LogP contribution in [0.2, 0.25) is 5.02 Å². The van der Waals surface area contributed by atoms with Gasteiger partial charge in [0, 0.05) is 10.6 Å². The number of amides is 1. The molecule has 0 unspecified atom stereocenters. The molecule has 0 aliphatic carbocycles. The lowest BCUT2D eigenvalue weighted by atomic mass is 10.1. The zero-order valence-electron chi connectivity index (χ0n) is 14.5. The van der Waals surface area contributed by atoms with Gasteiger partial charge < -0.3 is 16.2 Å². The summed E-state index contributed by atoms with van der Waals surface area (Å²) in [5.74, 6) is -0.464. The standard InChI is InChI=1S/C20H19ClN4O2/c21-15-8-4-7-14(10-15)17-11-23-19(22)18(25-17)20(27)24-16(12-26)9-13-5-2-1-3-6-13/h1-8,10-11,16,26H,9,12H2,(H2,22,23)(H,24,27)/t16-/m1/s1. The highest BCUT2D eigenvalue weighted by atomic mass is 35.5. The Morgan fingerprint density at radius 3 is 2.67 bits per heavy atom. The highest BCUT2D eigenvalue weighted by Crippen LogP contribution is 2.22. The summed E-state index contributed by atoms with van der Waals surface area (Å²) in [6.45, 7) is -0.206. The monoisotopic (exact) mass is 382 g/mol. The Morgan fingerprint density at radius 1 is 1.19 bits per heavy atom. The van der Waals surface area contributed by atoms with Gasteiger partial charge in [-0.15, -0.1) is 0 Å². The number of hydrogen-bond acceptors (Lipinski definition) is 5. The molecule has 7 heteroatoms. The predicted molar refractivity (Wildman–Crippen MR) is 105 cm³/mol. The first kappa shape index (κ1) is 18.8. The first-order valence-electron chi connectivity index (χ1n) is 8.41. The Hall–Kier alpha value is -2.96. The van der Waals surface area contributed by atoms with Gasteiger partial charge in [-0.3, -0.25) is 4.79 Å². The quantitative estimate of drug-likeness (QED) is 0.608. The fourth-order valence-corrected chi connectivity index (χ4v) is 2.86. The molecule has 6 nitrogen and oxygen atoms in total. The molecule has 1 aromatic heterocycles. The number of halogens is 1. The van der Waals surface area contributed by atoms with E-state index >= 15 is 0 Å². The maximum Gasteiger partial charge on any atom is 0.274 e. The summed E-state index contributed by atoms with van der Waals surface area (Å²) in [6, 6.07) is 16.2. The summed E-state index contributed by atoms with van der Waals surface area (Å²) in [5.41, 5.74) is 8.08. The number of rotatable bonds is 6. The number of benzene rings is 2. The smallest absolute Gasteiger partial charge is 0.274 e. The minimum absolute atomic E-state index is 0.0130. The predicted octanol–water partition coefficient (Wildman–Crippen LogP) is 2.71. The number of hydrogen-bond donors (Lipinski definition) is 3. The van der Waals surface area contributed by atoms with Crippen LogP contribution in [0.4, 0.5) is 5.82 Å². The summed E-state index contributed by atoms with van der Waals surface area (Å²) in [7, 11) is 0. The first-order chi connectivity index (χ1) is 13.1. The minimum atomic E-state index is -0.487. The van der Waals surface area contributed by atoms with Crippen LogP contribution in [0.25, 0.3) is 11.3 Å². The number of aliphatic hydroxyl groups excluding tert-OH is 1. The topological polar surface area (TPSA) is 101 Å². The maximum atomic E-state index is 12.6. The molecule has 3 aromatic rings. The molecular weight excluding hydrogens is 364 g/mol. The molecule has 138 valence electrons. The minimum Gasteiger partial charge on any atom is -0.394 e. The van der Waals surface area contributed by atoms with Crippen LogP contribution in [0, 0.1) is 0 Å². The van der Waals surface area contributed by atoms with E-state index in [2.05, 4.69) is 15.3 Å². The molecule has 2 aromatic carbocycles. The Labute approximate surface area is 162 Å². The van der Waals surface area contributed by atoms with Crippen LogP contribution >= 0.6 is 11.6 Å². The van der Waals surface area contributed by atoms with Gasteiger partial charge in [-0.1, -0.05) is 54.1 Å². The largest absolute Gasteiger partial charge is 0.394 e. The van der Waals surface area contributed by atoms with E-state index in [0.717, 1.165) is 11.1 Å². The van der Waals surface area contributed by atoms with Crippen molar-refractivity contribution in [2.75, 3.05) is 12.3 Å². The number of anilines is 1. The summed E-state index contributed by atoms with van der Waals surface area (Å²) in [6.07, 6.45) is 1.98. The number of carbonyl (C=O) groups excluding carboxylic acids is 1. The molecule has 1 heterocycles. The number of nitrogens with two attached hydrogens (primary N) is 1. The van der Waals surface area contributed by atoms with Gasteiger partial charge in [0.25, 0.3) is 5.91 Å². The van der Waals surface area contributed by atoms with Crippen molar-refractivity contribution in [3.05, 3.63) is 77.1 Å². The second-order valence-electron chi connectivity index (χ2n) is 6.04. The Bertz CT molecular complexity index is 934. The van der Waals surface area contributed by atoms with Crippen LogP contribution in [0.1, 0.15) is 16.1 Å². The third kappa shape index (κ3) is 4.81. The van der Waals surface area contributed by atoms with Crippen molar-refractivity contribution in [3.8, 4) is 11.3 Å². The number of nitrogen functional groups attached to an aromatic ring is 1. The molecule has 0 saturated heterocycles.